The van der Waals surface area contributed by atoms with Crippen molar-refractivity contribution in [1.82, 2.24) is 0 Å². The van der Waals surface area contributed by atoms with E-state index in [4.69, 9.17) is 9.15 Å². The number of nitrogens with one attached hydrogen (secondary N) is 2. The lowest BCUT2D eigenvalue weighted by atomic mass is 10.00. The van der Waals surface area contributed by atoms with Gasteiger partial charge in [-0.05, 0) is 82.2 Å². The predicted molar refractivity (Wildman–Crippen MR) is 135 cm³/mol. The molecule has 1 heterocycles. The standard InChI is InChI=1S/C27H30N2O5/c1-16(2)14-15-33-24-12-10-22-17(3)23(27(32)34-26(22)18(24)4)11-13-25(31)29-21-8-6-20(7-9-21)28-19(5)30/h6-10,12,14H,11,13,15H2,1-5H3,(H,28,30)(H,29,31). The summed E-state index contributed by atoms with van der Waals surface area (Å²) in [5, 5.41) is 6.31. The van der Waals surface area contributed by atoms with Gasteiger partial charge in [-0.3, -0.25) is 9.59 Å². The van der Waals surface area contributed by atoms with Gasteiger partial charge < -0.3 is 19.8 Å². The van der Waals surface area contributed by atoms with Gasteiger partial charge in [-0.15, -0.1) is 0 Å². The summed E-state index contributed by atoms with van der Waals surface area (Å²) in [6, 6.07) is 10.6. The van der Waals surface area contributed by atoms with Crippen LogP contribution in [0.1, 0.15) is 43.9 Å². The van der Waals surface area contributed by atoms with Crippen LogP contribution in [-0.4, -0.2) is 18.4 Å². The maximum Gasteiger partial charge on any atom is 0.339 e. The molecule has 0 bridgehead atoms. The number of hydrogen-bond acceptors (Lipinski definition) is 5. The molecule has 0 spiro atoms. The van der Waals surface area contributed by atoms with Gasteiger partial charge >= 0.3 is 5.63 Å². The van der Waals surface area contributed by atoms with E-state index in [9.17, 15) is 14.4 Å². The van der Waals surface area contributed by atoms with E-state index in [2.05, 4.69) is 10.6 Å². The van der Waals surface area contributed by atoms with E-state index in [1.165, 1.54) is 6.92 Å². The monoisotopic (exact) mass is 462 g/mol. The lowest BCUT2D eigenvalue weighted by Gasteiger charge is -2.13. The molecule has 0 atom stereocenters. The summed E-state index contributed by atoms with van der Waals surface area (Å²) in [5.41, 5.74) is 4.54. The summed E-state index contributed by atoms with van der Waals surface area (Å²) >= 11 is 0. The molecule has 34 heavy (non-hydrogen) atoms. The first kappa shape index (κ1) is 24.8. The van der Waals surface area contributed by atoms with E-state index in [-0.39, 0.29) is 24.7 Å². The molecular weight excluding hydrogens is 432 g/mol. The third kappa shape index (κ3) is 6.13. The number of fused-ring (bicyclic) bond motifs is 1. The van der Waals surface area contributed by atoms with Gasteiger partial charge in [-0.2, -0.15) is 0 Å². The van der Waals surface area contributed by atoms with Crippen molar-refractivity contribution in [1.29, 1.82) is 0 Å². The summed E-state index contributed by atoms with van der Waals surface area (Å²) in [4.78, 5) is 36.3. The molecule has 0 saturated heterocycles. The first-order valence-corrected chi connectivity index (χ1v) is 11.1. The fraction of sp³-hybridized carbons (Fsp3) is 0.296. The highest BCUT2D eigenvalue weighted by molar-refractivity contribution is 5.92. The van der Waals surface area contributed by atoms with E-state index in [1.54, 1.807) is 24.3 Å². The minimum absolute atomic E-state index is 0.132. The van der Waals surface area contributed by atoms with Crippen LogP contribution < -0.4 is 21.0 Å². The highest BCUT2D eigenvalue weighted by Crippen LogP contribution is 2.29. The minimum atomic E-state index is -0.443. The number of allylic oxidation sites excluding steroid dienone is 1. The van der Waals surface area contributed by atoms with Crippen molar-refractivity contribution in [2.45, 2.75) is 47.5 Å². The van der Waals surface area contributed by atoms with E-state index in [0.29, 0.717) is 34.9 Å². The number of carbonyl (C=O) groups excluding carboxylic acids is 2. The van der Waals surface area contributed by atoms with Crippen molar-refractivity contribution in [2.75, 3.05) is 17.2 Å². The van der Waals surface area contributed by atoms with E-state index in [0.717, 1.165) is 22.1 Å². The lowest BCUT2D eigenvalue weighted by Crippen LogP contribution is -2.17. The van der Waals surface area contributed by atoms with Crippen molar-refractivity contribution in [3.05, 3.63) is 75.2 Å². The number of aryl methyl sites for hydroxylation is 2. The highest BCUT2D eigenvalue weighted by Gasteiger charge is 2.16. The fourth-order valence-electron chi connectivity index (χ4n) is 3.62. The molecule has 178 valence electrons. The molecule has 0 aliphatic rings. The van der Waals surface area contributed by atoms with Crippen LogP contribution in [0.25, 0.3) is 11.0 Å². The number of hydrogen-bond donors (Lipinski definition) is 2. The Balaban J connectivity index is 1.72. The SMILES string of the molecule is CC(=O)Nc1ccc(NC(=O)CCc2c(C)c3ccc(OCC=C(C)C)c(C)c3oc2=O)cc1. The quantitative estimate of drug-likeness (QED) is 0.350. The number of rotatable bonds is 8. The van der Waals surface area contributed by atoms with Crippen molar-refractivity contribution in [2.24, 2.45) is 0 Å². The third-order valence-electron chi connectivity index (χ3n) is 5.48. The van der Waals surface area contributed by atoms with Gasteiger partial charge in [0.1, 0.15) is 17.9 Å². The maximum absolute atomic E-state index is 12.7. The van der Waals surface area contributed by atoms with Gasteiger partial charge in [-0.1, -0.05) is 5.57 Å². The second-order valence-electron chi connectivity index (χ2n) is 8.46. The molecule has 0 aliphatic heterocycles. The van der Waals surface area contributed by atoms with Gasteiger partial charge in [0.25, 0.3) is 0 Å². The van der Waals surface area contributed by atoms with Crippen LogP contribution in [0.4, 0.5) is 11.4 Å². The van der Waals surface area contributed by atoms with Crippen molar-refractivity contribution < 1.29 is 18.7 Å². The Hall–Kier alpha value is -3.87. The summed E-state index contributed by atoms with van der Waals surface area (Å²) in [5.74, 6) is 0.290. The molecule has 0 unspecified atom stereocenters. The van der Waals surface area contributed by atoms with Gasteiger partial charge in [0.05, 0.1) is 0 Å². The summed E-state index contributed by atoms with van der Waals surface area (Å²) in [7, 11) is 0. The Kier molecular flexibility index (Phi) is 7.89. The van der Waals surface area contributed by atoms with Crippen LogP contribution >= 0.6 is 0 Å². The second-order valence-corrected chi connectivity index (χ2v) is 8.46. The van der Waals surface area contributed by atoms with Gasteiger partial charge in [0.15, 0.2) is 0 Å². The number of benzene rings is 2. The van der Waals surface area contributed by atoms with E-state index in [1.807, 2.05) is 45.9 Å². The molecule has 3 aromatic rings. The van der Waals surface area contributed by atoms with Crippen LogP contribution in [-0.2, 0) is 16.0 Å². The molecule has 7 nitrogen and oxygen atoms in total. The number of anilines is 2. The molecule has 7 heteroatoms. The molecule has 1 aromatic heterocycles. The predicted octanol–water partition coefficient (Wildman–Crippen LogP) is 5.28. The van der Waals surface area contributed by atoms with Crippen molar-refractivity contribution in [3.63, 3.8) is 0 Å². The Bertz CT molecular complexity index is 1300. The summed E-state index contributed by atoms with van der Waals surface area (Å²) in [6.07, 6.45) is 2.38. The van der Waals surface area contributed by atoms with E-state index < -0.39 is 5.63 Å². The zero-order valence-corrected chi connectivity index (χ0v) is 20.2. The lowest BCUT2D eigenvalue weighted by molar-refractivity contribution is -0.116. The minimum Gasteiger partial charge on any atom is -0.489 e. The van der Waals surface area contributed by atoms with E-state index >= 15 is 0 Å². The van der Waals surface area contributed by atoms with Gasteiger partial charge in [-0.25, -0.2) is 4.79 Å². The topological polar surface area (TPSA) is 97.6 Å². The first-order valence-electron chi connectivity index (χ1n) is 11.1. The van der Waals surface area contributed by atoms with Crippen LogP contribution in [0.15, 0.2) is 57.3 Å². The average Bonchev–Trinajstić information content (AvgIpc) is 2.76. The Morgan fingerprint density at radius 1 is 0.941 bits per heavy atom. The molecular formula is C27H30N2O5. The Morgan fingerprint density at radius 2 is 1.59 bits per heavy atom. The van der Waals surface area contributed by atoms with Crippen molar-refractivity contribution in [3.8, 4) is 5.75 Å². The molecule has 3 rings (SSSR count). The van der Waals surface area contributed by atoms with Gasteiger partial charge in [0.2, 0.25) is 11.8 Å². The zero-order valence-electron chi connectivity index (χ0n) is 20.2. The van der Waals surface area contributed by atoms with Crippen molar-refractivity contribution >= 4 is 34.2 Å². The molecule has 0 saturated carbocycles. The molecule has 2 N–H and O–H groups in total. The van der Waals surface area contributed by atoms with Crippen LogP contribution in [0.3, 0.4) is 0 Å². The summed E-state index contributed by atoms with van der Waals surface area (Å²) < 4.78 is 11.5. The molecule has 2 aromatic carbocycles. The van der Waals surface area contributed by atoms with Crippen LogP contribution in [0.2, 0.25) is 0 Å². The zero-order chi connectivity index (χ0) is 24.8. The highest BCUT2D eigenvalue weighted by atomic mass is 16.5. The molecule has 0 radical (unpaired) electrons. The Morgan fingerprint density at radius 3 is 2.21 bits per heavy atom. The largest absolute Gasteiger partial charge is 0.489 e. The third-order valence-corrected chi connectivity index (χ3v) is 5.48. The van der Waals surface area contributed by atoms with Gasteiger partial charge in [0, 0.05) is 41.2 Å². The molecule has 0 fully saturated rings. The Labute approximate surface area is 198 Å². The first-order chi connectivity index (χ1) is 16.2. The fourth-order valence-corrected chi connectivity index (χ4v) is 3.62. The normalized spacial score (nSPS) is 10.6. The van der Waals surface area contributed by atoms with Crippen LogP contribution in [0.5, 0.6) is 5.75 Å². The summed E-state index contributed by atoms with van der Waals surface area (Å²) in [6.45, 7) is 9.63. The number of carbonyl (C=O) groups is 2. The molecule has 2 amide bonds. The maximum atomic E-state index is 12.7. The number of ether oxygens (including phenoxy) is 1. The average molecular weight is 463 g/mol. The smallest absolute Gasteiger partial charge is 0.339 e. The number of amides is 2. The van der Waals surface area contributed by atoms with Crippen LogP contribution in [0, 0.1) is 13.8 Å². The molecule has 0 aliphatic carbocycles. The second kappa shape index (κ2) is 10.8.